The molecule has 2 aromatic rings. The highest BCUT2D eigenvalue weighted by atomic mass is 32.2. The van der Waals surface area contributed by atoms with Crippen LogP contribution < -0.4 is 5.32 Å². The van der Waals surface area contributed by atoms with Gasteiger partial charge in [-0.1, -0.05) is 6.58 Å². The van der Waals surface area contributed by atoms with Gasteiger partial charge in [0, 0.05) is 19.1 Å². The number of thiazole rings is 1. The van der Waals surface area contributed by atoms with E-state index in [0.29, 0.717) is 30.8 Å². The molecule has 1 amide bonds. The van der Waals surface area contributed by atoms with E-state index in [1.165, 1.54) is 21.7 Å². The quantitative estimate of drug-likeness (QED) is 0.842. The lowest BCUT2D eigenvalue weighted by Gasteiger charge is -2.20. The first-order chi connectivity index (χ1) is 11.5. The zero-order valence-corrected chi connectivity index (χ0v) is 14.8. The van der Waals surface area contributed by atoms with E-state index < -0.39 is 10.0 Å². The van der Waals surface area contributed by atoms with Crippen molar-refractivity contribution < 1.29 is 13.2 Å². The Morgan fingerprint density at radius 1 is 1.38 bits per heavy atom. The Morgan fingerprint density at radius 2 is 2.21 bits per heavy atom. The highest BCUT2D eigenvalue weighted by Gasteiger charge is 2.28. The number of fused-ring (bicyclic) bond motifs is 1. The molecule has 0 radical (unpaired) electrons. The third-order valence-corrected chi connectivity index (χ3v) is 6.85. The average Bonchev–Trinajstić information content (AvgIpc) is 2.92. The fraction of sp³-hybridized carbons (Fsp3) is 0.375. The first-order valence-electron chi connectivity index (χ1n) is 7.77. The molecule has 8 heteroatoms. The van der Waals surface area contributed by atoms with Crippen molar-refractivity contribution in [2.24, 2.45) is 0 Å². The predicted molar refractivity (Wildman–Crippen MR) is 94.4 cm³/mol. The first-order valence-corrected chi connectivity index (χ1v) is 10.1. The van der Waals surface area contributed by atoms with Crippen molar-refractivity contribution in [1.29, 1.82) is 0 Å². The Labute approximate surface area is 145 Å². The van der Waals surface area contributed by atoms with E-state index >= 15 is 0 Å². The van der Waals surface area contributed by atoms with Crippen LogP contribution in [-0.2, 0) is 14.8 Å². The normalized spacial score (nSPS) is 19.8. The van der Waals surface area contributed by atoms with Gasteiger partial charge >= 0.3 is 0 Å². The average molecular weight is 365 g/mol. The van der Waals surface area contributed by atoms with Crippen LogP contribution in [0.15, 0.2) is 41.3 Å². The van der Waals surface area contributed by atoms with Crippen LogP contribution in [0, 0.1) is 0 Å². The summed E-state index contributed by atoms with van der Waals surface area (Å²) in [5.74, 6) is -0.216. The molecule has 1 unspecified atom stereocenters. The molecule has 24 heavy (non-hydrogen) atoms. The van der Waals surface area contributed by atoms with Gasteiger partial charge in [0.15, 0.2) is 0 Å². The number of aromatic nitrogens is 1. The molecule has 0 spiro atoms. The van der Waals surface area contributed by atoms with Crippen LogP contribution in [0.1, 0.15) is 19.3 Å². The van der Waals surface area contributed by atoms with Gasteiger partial charge in [-0.3, -0.25) is 4.79 Å². The molecule has 3 rings (SSSR count). The van der Waals surface area contributed by atoms with E-state index in [1.54, 1.807) is 23.7 Å². The van der Waals surface area contributed by atoms with Crippen LogP contribution in [0.4, 0.5) is 0 Å². The Bertz CT molecular complexity index is 860. The van der Waals surface area contributed by atoms with Crippen LogP contribution in [0.3, 0.4) is 0 Å². The largest absolute Gasteiger partial charge is 0.350 e. The van der Waals surface area contributed by atoms with Gasteiger partial charge in [0.1, 0.15) is 0 Å². The van der Waals surface area contributed by atoms with E-state index in [9.17, 15) is 13.2 Å². The molecule has 1 aliphatic heterocycles. The topological polar surface area (TPSA) is 79.4 Å². The highest BCUT2D eigenvalue weighted by Crippen LogP contribution is 2.25. The second-order valence-corrected chi connectivity index (χ2v) is 8.55. The van der Waals surface area contributed by atoms with Crippen LogP contribution in [0.5, 0.6) is 0 Å². The van der Waals surface area contributed by atoms with Gasteiger partial charge in [-0.25, -0.2) is 13.4 Å². The minimum absolute atomic E-state index is 0.0142. The summed E-state index contributed by atoms with van der Waals surface area (Å²) in [6.45, 7) is 4.30. The number of hydrogen-bond acceptors (Lipinski definition) is 5. The molecule has 6 nitrogen and oxygen atoms in total. The fourth-order valence-electron chi connectivity index (χ4n) is 2.86. The number of sulfonamides is 1. The number of nitrogens with zero attached hydrogens (tertiary/aromatic N) is 2. The molecule has 1 aromatic heterocycles. The van der Waals surface area contributed by atoms with Crippen LogP contribution in [0.25, 0.3) is 10.2 Å². The molecule has 1 N–H and O–H groups in total. The third kappa shape index (κ3) is 3.50. The van der Waals surface area contributed by atoms with Gasteiger partial charge in [0.2, 0.25) is 15.9 Å². The molecule has 1 aromatic carbocycles. The molecule has 1 saturated heterocycles. The maximum Gasteiger partial charge on any atom is 0.243 e. The molecule has 2 heterocycles. The van der Waals surface area contributed by atoms with Crippen molar-refractivity contribution >= 4 is 37.5 Å². The van der Waals surface area contributed by atoms with Crippen molar-refractivity contribution in [1.82, 2.24) is 14.6 Å². The van der Waals surface area contributed by atoms with Crippen molar-refractivity contribution in [3.63, 3.8) is 0 Å². The number of amides is 1. The summed E-state index contributed by atoms with van der Waals surface area (Å²) in [4.78, 5) is 15.9. The Kier molecular flexibility index (Phi) is 4.98. The standard InChI is InChI=1S/C16H19N3O3S2/c1-2-16(20)18-12-4-3-8-19(9-7-12)24(21,22)13-5-6-14-15(10-13)23-11-17-14/h2,5-6,10-12H,1,3-4,7-9H2,(H,18,20). The van der Waals surface area contributed by atoms with Crippen molar-refractivity contribution in [3.05, 3.63) is 36.4 Å². The van der Waals surface area contributed by atoms with Crippen molar-refractivity contribution in [2.75, 3.05) is 13.1 Å². The maximum absolute atomic E-state index is 12.9. The Balaban J connectivity index is 1.77. The summed E-state index contributed by atoms with van der Waals surface area (Å²) >= 11 is 1.43. The van der Waals surface area contributed by atoms with Gasteiger partial charge in [-0.15, -0.1) is 11.3 Å². The van der Waals surface area contributed by atoms with Gasteiger partial charge in [-0.05, 0) is 43.5 Å². The zero-order chi connectivity index (χ0) is 17.2. The summed E-state index contributed by atoms with van der Waals surface area (Å²) in [5.41, 5.74) is 2.52. The van der Waals surface area contributed by atoms with Crippen molar-refractivity contribution in [3.8, 4) is 0 Å². The Morgan fingerprint density at radius 3 is 3.00 bits per heavy atom. The van der Waals surface area contributed by atoms with Crippen molar-refractivity contribution in [2.45, 2.75) is 30.2 Å². The van der Waals surface area contributed by atoms with Crippen LogP contribution >= 0.6 is 11.3 Å². The first kappa shape index (κ1) is 17.1. The van der Waals surface area contributed by atoms with Gasteiger partial charge < -0.3 is 5.32 Å². The molecular formula is C16H19N3O3S2. The Hall–Kier alpha value is -1.77. The number of hydrogen-bond donors (Lipinski definition) is 1. The van der Waals surface area contributed by atoms with Gasteiger partial charge in [0.25, 0.3) is 0 Å². The molecule has 1 fully saturated rings. The number of nitrogens with one attached hydrogen (secondary N) is 1. The van der Waals surface area contributed by atoms with Crippen LogP contribution in [0.2, 0.25) is 0 Å². The molecule has 0 aliphatic carbocycles. The van der Waals surface area contributed by atoms with Gasteiger partial charge in [0.05, 0.1) is 20.6 Å². The number of carbonyl (C=O) groups is 1. The lowest BCUT2D eigenvalue weighted by molar-refractivity contribution is -0.117. The maximum atomic E-state index is 12.9. The molecule has 1 aliphatic rings. The second-order valence-electron chi connectivity index (χ2n) is 5.73. The predicted octanol–water partition coefficient (Wildman–Crippen LogP) is 2.14. The summed E-state index contributed by atoms with van der Waals surface area (Å²) in [5, 5.41) is 2.86. The van der Waals surface area contributed by atoms with E-state index in [4.69, 9.17) is 0 Å². The monoisotopic (exact) mass is 365 g/mol. The summed E-state index contributed by atoms with van der Waals surface area (Å²) in [6.07, 6.45) is 3.31. The van der Waals surface area contributed by atoms with Gasteiger partial charge in [-0.2, -0.15) is 4.31 Å². The van der Waals surface area contributed by atoms with E-state index in [2.05, 4.69) is 16.9 Å². The zero-order valence-electron chi connectivity index (χ0n) is 13.1. The lowest BCUT2D eigenvalue weighted by atomic mass is 10.1. The van der Waals surface area contributed by atoms with Crippen LogP contribution in [-0.4, -0.2) is 42.7 Å². The van der Waals surface area contributed by atoms with E-state index in [0.717, 1.165) is 16.6 Å². The summed E-state index contributed by atoms with van der Waals surface area (Å²) in [6, 6.07) is 5.02. The lowest BCUT2D eigenvalue weighted by Crippen LogP contribution is -2.36. The minimum Gasteiger partial charge on any atom is -0.350 e. The summed E-state index contributed by atoms with van der Waals surface area (Å²) < 4.78 is 28.2. The highest BCUT2D eigenvalue weighted by molar-refractivity contribution is 7.89. The number of carbonyl (C=O) groups excluding carboxylic acids is 1. The van der Waals surface area contributed by atoms with E-state index in [1.807, 2.05) is 0 Å². The minimum atomic E-state index is -3.53. The molecule has 0 bridgehead atoms. The number of rotatable bonds is 4. The fourth-order valence-corrected chi connectivity index (χ4v) is 5.17. The number of benzene rings is 1. The molecular weight excluding hydrogens is 346 g/mol. The van der Waals surface area contributed by atoms with E-state index in [-0.39, 0.29) is 11.9 Å². The molecule has 128 valence electrons. The second kappa shape index (κ2) is 7.00. The molecule has 1 atom stereocenters. The smallest absolute Gasteiger partial charge is 0.243 e. The molecule has 0 saturated carbocycles. The SMILES string of the molecule is C=CC(=O)NC1CCCN(S(=O)(=O)c2ccc3ncsc3c2)CC1. The summed E-state index contributed by atoms with van der Waals surface area (Å²) in [7, 11) is -3.53. The third-order valence-electron chi connectivity index (χ3n) is 4.16.